The molecular formula is C35H37ClF2N4O6S. The maximum absolute atomic E-state index is 13.2. The Morgan fingerprint density at radius 3 is 1.53 bits per heavy atom. The number of fused-ring (bicyclic) bond motifs is 2. The van der Waals surface area contributed by atoms with E-state index in [0.717, 1.165) is 18.5 Å². The van der Waals surface area contributed by atoms with Crippen LogP contribution in [0.25, 0.3) is 0 Å². The lowest BCUT2D eigenvalue weighted by molar-refractivity contribution is -0.132. The van der Waals surface area contributed by atoms with E-state index in [1.54, 1.807) is 75.1 Å². The van der Waals surface area contributed by atoms with Crippen molar-refractivity contribution >= 4 is 65.7 Å². The molecular weight excluding hydrogens is 678 g/mol. The fraction of sp³-hybridized carbons (Fsp3) is 0.257. The van der Waals surface area contributed by atoms with Gasteiger partial charge in [0.2, 0.25) is 9.05 Å². The van der Waals surface area contributed by atoms with Crippen molar-refractivity contribution in [3.63, 3.8) is 0 Å². The third-order valence-electron chi connectivity index (χ3n) is 7.14. The standard InChI is InChI=1S/C18H19FN2O2.C16H15FN2O2.CH3ClO2S/c1-4-20-13-7-10-15-16(11-13)23-18(2,3)17(22)21(15)14-8-5-12(19)6-9-14;1-16(2)15(20)19(12-6-3-10(17)4-7-12)13-8-5-11(18)9-14(13)21-16;1-5(2,3)4/h5-11,20H,4H2,1-3H3;3-9H,18H2,1-2H3;1H3. The molecule has 4 aromatic rings. The number of ether oxygens (including phenoxy) is 2. The quantitative estimate of drug-likeness (QED) is 0.164. The van der Waals surface area contributed by atoms with Gasteiger partial charge in [-0.1, -0.05) is 0 Å². The highest BCUT2D eigenvalue weighted by molar-refractivity contribution is 8.13. The zero-order valence-corrected chi connectivity index (χ0v) is 29.3. The number of benzene rings is 4. The van der Waals surface area contributed by atoms with Gasteiger partial charge in [0.25, 0.3) is 11.8 Å². The van der Waals surface area contributed by atoms with Gasteiger partial charge in [-0.2, -0.15) is 0 Å². The SMILES string of the molecule is CC1(C)Oc2cc(N)ccc2N(c2ccc(F)cc2)C1=O.CCNc1ccc2c(c1)OC(C)(C)C(=O)N2c1ccc(F)cc1.CS(=O)(=O)Cl. The lowest BCUT2D eigenvalue weighted by Crippen LogP contribution is -2.50. The van der Waals surface area contributed by atoms with Crippen LogP contribution in [0.15, 0.2) is 84.9 Å². The second-order valence-electron chi connectivity index (χ2n) is 12.1. The van der Waals surface area contributed by atoms with Crippen molar-refractivity contribution in [2.75, 3.05) is 33.7 Å². The largest absolute Gasteiger partial charge is 0.476 e. The summed E-state index contributed by atoms with van der Waals surface area (Å²) in [5.74, 6) is 0.0631. The number of amides is 2. The summed E-state index contributed by atoms with van der Waals surface area (Å²) in [7, 11) is 1.31. The normalized spacial score (nSPS) is 15.6. The van der Waals surface area contributed by atoms with Crippen LogP contribution in [0, 0.1) is 11.6 Å². The van der Waals surface area contributed by atoms with Gasteiger partial charge in [-0.05, 0) is 107 Å². The molecule has 2 aliphatic rings. The summed E-state index contributed by atoms with van der Waals surface area (Å²) in [6.45, 7) is 9.65. The van der Waals surface area contributed by atoms with Crippen molar-refractivity contribution in [2.24, 2.45) is 0 Å². The summed E-state index contributed by atoms with van der Waals surface area (Å²) in [5, 5.41) is 3.23. The first-order valence-corrected chi connectivity index (χ1v) is 17.8. The molecule has 6 rings (SSSR count). The van der Waals surface area contributed by atoms with E-state index in [1.165, 1.54) is 29.2 Å². The van der Waals surface area contributed by atoms with Crippen LogP contribution in [0.3, 0.4) is 0 Å². The number of hydrogen-bond acceptors (Lipinski definition) is 8. The van der Waals surface area contributed by atoms with Gasteiger partial charge in [0.1, 0.15) is 23.1 Å². The first kappa shape index (κ1) is 36.9. The van der Waals surface area contributed by atoms with E-state index < -0.39 is 20.3 Å². The molecule has 260 valence electrons. The third kappa shape index (κ3) is 8.98. The highest BCUT2D eigenvalue weighted by atomic mass is 35.7. The molecule has 0 unspecified atom stereocenters. The number of halogens is 3. The van der Waals surface area contributed by atoms with E-state index in [-0.39, 0.29) is 23.4 Å². The first-order valence-electron chi connectivity index (χ1n) is 15.1. The molecule has 0 aromatic heterocycles. The molecule has 4 aromatic carbocycles. The predicted octanol–water partition coefficient (Wildman–Crippen LogP) is 7.52. The van der Waals surface area contributed by atoms with Crippen LogP contribution >= 0.6 is 10.7 Å². The summed E-state index contributed by atoms with van der Waals surface area (Å²) >= 11 is 0. The molecule has 14 heteroatoms. The van der Waals surface area contributed by atoms with E-state index in [9.17, 15) is 26.8 Å². The Hall–Kier alpha value is -4.88. The van der Waals surface area contributed by atoms with Crippen molar-refractivity contribution in [1.82, 2.24) is 0 Å². The van der Waals surface area contributed by atoms with Crippen LogP contribution in [-0.2, 0) is 18.6 Å². The number of rotatable bonds is 4. The number of hydrogen-bond donors (Lipinski definition) is 2. The molecule has 2 aliphatic heterocycles. The molecule has 0 fully saturated rings. The topological polar surface area (TPSA) is 131 Å². The monoisotopic (exact) mass is 714 g/mol. The minimum absolute atomic E-state index is 0.187. The van der Waals surface area contributed by atoms with Crippen LogP contribution in [0.1, 0.15) is 34.6 Å². The molecule has 49 heavy (non-hydrogen) atoms. The van der Waals surface area contributed by atoms with E-state index in [4.69, 9.17) is 15.2 Å². The molecule has 2 heterocycles. The van der Waals surface area contributed by atoms with Gasteiger partial charge < -0.3 is 20.5 Å². The zero-order valence-electron chi connectivity index (χ0n) is 27.8. The van der Waals surface area contributed by atoms with Crippen molar-refractivity contribution in [1.29, 1.82) is 0 Å². The van der Waals surface area contributed by atoms with Gasteiger partial charge in [0.15, 0.2) is 11.2 Å². The summed E-state index contributed by atoms with van der Waals surface area (Å²) in [5.41, 5.74) is 7.70. The number of carbonyl (C=O) groups excluding carboxylic acids is 2. The second kappa shape index (κ2) is 14.3. The summed E-state index contributed by atoms with van der Waals surface area (Å²) < 4.78 is 56.7. The van der Waals surface area contributed by atoms with E-state index in [0.29, 0.717) is 39.9 Å². The van der Waals surface area contributed by atoms with Crippen LogP contribution in [0.4, 0.5) is 42.9 Å². The van der Waals surface area contributed by atoms with Crippen LogP contribution in [0.5, 0.6) is 11.5 Å². The second-order valence-corrected chi connectivity index (χ2v) is 15.1. The minimum Gasteiger partial charge on any atom is -0.476 e. The lowest BCUT2D eigenvalue weighted by Gasteiger charge is -2.39. The Bertz CT molecular complexity index is 1950. The highest BCUT2D eigenvalue weighted by Gasteiger charge is 2.43. The fourth-order valence-corrected chi connectivity index (χ4v) is 4.98. The number of nitrogens with zero attached hydrogens (tertiary/aromatic N) is 2. The van der Waals surface area contributed by atoms with Crippen molar-refractivity contribution < 1.29 is 36.3 Å². The van der Waals surface area contributed by atoms with Gasteiger partial charge in [-0.25, -0.2) is 17.2 Å². The summed E-state index contributed by atoms with van der Waals surface area (Å²) in [6, 6.07) is 22.4. The molecule has 0 radical (unpaired) electrons. The molecule has 10 nitrogen and oxygen atoms in total. The summed E-state index contributed by atoms with van der Waals surface area (Å²) in [6.07, 6.45) is 0.925. The van der Waals surface area contributed by atoms with Crippen molar-refractivity contribution in [2.45, 2.75) is 45.8 Å². The Morgan fingerprint density at radius 1 is 0.735 bits per heavy atom. The van der Waals surface area contributed by atoms with Crippen molar-refractivity contribution in [3.05, 3.63) is 96.6 Å². The van der Waals surface area contributed by atoms with Gasteiger partial charge in [-0.15, -0.1) is 0 Å². The van der Waals surface area contributed by atoms with E-state index >= 15 is 0 Å². The first-order chi connectivity index (χ1) is 22.8. The molecule has 0 saturated carbocycles. The smallest absolute Gasteiger partial charge is 0.275 e. The van der Waals surface area contributed by atoms with Crippen LogP contribution in [0.2, 0.25) is 0 Å². The van der Waals surface area contributed by atoms with E-state index in [2.05, 4.69) is 16.0 Å². The van der Waals surface area contributed by atoms with Gasteiger partial charge >= 0.3 is 0 Å². The number of nitrogens with two attached hydrogens (primary N) is 1. The third-order valence-corrected chi connectivity index (χ3v) is 7.14. The van der Waals surface area contributed by atoms with Crippen LogP contribution < -0.4 is 30.3 Å². The Labute approximate surface area is 288 Å². The Balaban J connectivity index is 0.000000195. The highest BCUT2D eigenvalue weighted by Crippen LogP contribution is 2.44. The molecule has 0 saturated heterocycles. The maximum Gasteiger partial charge on any atom is 0.275 e. The molecule has 0 aliphatic carbocycles. The minimum atomic E-state index is -3.19. The van der Waals surface area contributed by atoms with Crippen LogP contribution in [-0.4, -0.2) is 44.2 Å². The molecule has 3 N–H and O–H groups in total. The van der Waals surface area contributed by atoms with Gasteiger partial charge in [0.05, 0.1) is 17.6 Å². The predicted molar refractivity (Wildman–Crippen MR) is 189 cm³/mol. The number of nitrogen functional groups attached to an aromatic ring is 1. The number of nitrogens with one attached hydrogen (secondary N) is 1. The molecule has 0 atom stereocenters. The van der Waals surface area contributed by atoms with Gasteiger partial charge in [-0.3, -0.25) is 19.4 Å². The van der Waals surface area contributed by atoms with Gasteiger partial charge in [0, 0.05) is 52.1 Å². The van der Waals surface area contributed by atoms with E-state index in [1.807, 2.05) is 25.1 Å². The maximum atomic E-state index is 13.2. The molecule has 0 spiro atoms. The molecule has 2 amide bonds. The number of anilines is 6. The summed E-state index contributed by atoms with van der Waals surface area (Å²) in [4.78, 5) is 28.6. The Morgan fingerprint density at radius 2 is 1.12 bits per heavy atom. The lowest BCUT2D eigenvalue weighted by atomic mass is 10.0. The molecule has 0 bridgehead atoms. The fourth-order valence-electron chi connectivity index (χ4n) is 4.98. The zero-order chi connectivity index (χ0) is 36.3. The number of carbonyl (C=O) groups is 2. The Kier molecular flexibility index (Phi) is 10.8. The van der Waals surface area contributed by atoms with Crippen molar-refractivity contribution in [3.8, 4) is 11.5 Å². The average Bonchev–Trinajstić information content (AvgIpc) is 2.99. The average molecular weight is 715 g/mol.